The van der Waals surface area contributed by atoms with Crippen LogP contribution in [0.25, 0.3) is 0 Å². The zero-order chi connectivity index (χ0) is 12.0. The van der Waals surface area contributed by atoms with Crippen molar-refractivity contribution >= 4 is 5.97 Å². The summed E-state index contributed by atoms with van der Waals surface area (Å²) in [7, 11) is 0. The average Bonchev–Trinajstić information content (AvgIpc) is 2.71. The molecule has 1 aliphatic rings. The number of hydrogen-bond acceptors (Lipinski definition) is 3. The molecular weight excluding hydrogens is 206 g/mol. The number of rotatable bonds is 7. The zero-order valence-corrected chi connectivity index (χ0v) is 9.98. The first-order valence-corrected chi connectivity index (χ1v) is 6.26. The average molecular weight is 229 g/mol. The summed E-state index contributed by atoms with van der Waals surface area (Å²) in [6.45, 7) is 2.95. The van der Waals surface area contributed by atoms with Gasteiger partial charge < -0.3 is 15.5 Å². The summed E-state index contributed by atoms with van der Waals surface area (Å²) in [4.78, 5) is 10.9. The molecule has 0 bridgehead atoms. The number of carboxylic acid groups (broad SMARTS) is 1. The second kappa shape index (κ2) is 6.86. The van der Waals surface area contributed by atoms with Crippen LogP contribution in [-0.2, 0) is 4.79 Å². The first-order valence-electron chi connectivity index (χ1n) is 6.26. The van der Waals surface area contributed by atoms with E-state index in [1.807, 2.05) is 6.92 Å². The van der Waals surface area contributed by atoms with Gasteiger partial charge in [0.15, 0.2) is 0 Å². The van der Waals surface area contributed by atoms with E-state index < -0.39 is 12.0 Å². The monoisotopic (exact) mass is 229 g/mol. The molecule has 0 aromatic rings. The van der Waals surface area contributed by atoms with Crippen molar-refractivity contribution in [1.82, 2.24) is 5.32 Å². The lowest BCUT2D eigenvalue weighted by molar-refractivity contribution is -0.139. The predicted molar refractivity (Wildman–Crippen MR) is 62.3 cm³/mol. The van der Waals surface area contributed by atoms with Gasteiger partial charge in [-0.2, -0.15) is 0 Å². The molecule has 0 amide bonds. The van der Waals surface area contributed by atoms with Crippen molar-refractivity contribution in [2.45, 2.75) is 45.1 Å². The van der Waals surface area contributed by atoms with Gasteiger partial charge in [-0.05, 0) is 37.6 Å². The molecule has 0 aliphatic heterocycles. The topological polar surface area (TPSA) is 69.6 Å². The highest BCUT2D eigenvalue weighted by atomic mass is 16.4. The fourth-order valence-electron chi connectivity index (χ4n) is 2.52. The fourth-order valence-corrected chi connectivity index (χ4v) is 2.52. The number of aliphatic carboxylic acids is 1. The summed E-state index contributed by atoms with van der Waals surface area (Å²) in [5, 5.41) is 21.3. The zero-order valence-electron chi connectivity index (χ0n) is 9.98. The molecule has 4 heteroatoms. The lowest BCUT2D eigenvalue weighted by Crippen LogP contribution is -2.40. The number of nitrogens with one attached hydrogen (secondary N) is 1. The Morgan fingerprint density at radius 2 is 2.12 bits per heavy atom. The van der Waals surface area contributed by atoms with Crippen LogP contribution in [0.15, 0.2) is 0 Å². The van der Waals surface area contributed by atoms with E-state index in [4.69, 9.17) is 5.11 Å². The van der Waals surface area contributed by atoms with Crippen LogP contribution >= 0.6 is 0 Å². The maximum absolute atomic E-state index is 10.9. The minimum Gasteiger partial charge on any atom is -0.480 e. The minimum atomic E-state index is -0.764. The third-order valence-corrected chi connectivity index (χ3v) is 3.55. The van der Waals surface area contributed by atoms with E-state index in [-0.39, 0.29) is 6.61 Å². The van der Waals surface area contributed by atoms with E-state index in [1.165, 1.54) is 0 Å². The molecular formula is C12H23NO3. The van der Waals surface area contributed by atoms with Gasteiger partial charge in [0.25, 0.3) is 0 Å². The van der Waals surface area contributed by atoms with Gasteiger partial charge in [0.1, 0.15) is 6.04 Å². The summed E-state index contributed by atoms with van der Waals surface area (Å²) in [5.41, 5.74) is 0. The van der Waals surface area contributed by atoms with Gasteiger partial charge in [-0.15, -0.1) is 0 Å². The summed E-state index contributed by atoms with van der Waals surface area (Å²) >= 11 is 0. The van der Waals surface area contributed by atoms with Crippen LogP contribution in [0.5, 0.6) is 0 Å². The van der Waals surface area contributed by atoms with Crippen LogP contribution in [0.1, 0.15) is 39.0 Å². The quantitative estimate of drug-likeness (QED) is 0.614. The predicted octanol–water partition coefficient (Wildman–Crippen LogP) is 1.24. The standard InChI is InChI=1S/C12H23NO3/c1-2-4-11(12(15)16)13-7-9-5-3-6-10(9)8-14/h9-11,13-14H,2-8H2,1H3,(H,15,16). The van der Waals surface area contributed by atoms with Gasteiger partial charge in [0.2, 0.25) is 0 Å². The van der Waals surface area contributed by atoms with E-state index in [2.05, 4.69) is 5.32 Å². The van der Waals surface area contributed by atoms with Crippen LogP contribution < -0.4 is 5.32 Å². The van der Waals surface area contributed by atoms with Crippen molar-refractivity contribution in [2.24, 2.45) is 11.8 Å². The molecule has 1 aliphatic carbocycles. The molecule has 1 rings (SSSR count). The van der Waals surface area contributed by atoms with E-state index in [9.17, 15) is 9.90 Å². The molecule has 0 aromatic carbocycles. The maximum Gasteiger partial charge on any atom is 0.320 e. The largest absolute Gasteiger partial charge is 0.480 e. The molecule has 3 atom stereocenters. The SMILES string of the molecule is CCCC(NCC1CCCC1CO)C(=O)O. The number of carbonyl (C=O) groups is 1. The smallest absolute Gasteiger partial charge is 0.320 e. The number of hydrogen-bond donors (Lipinski definition) is 3. The van der Waals surface area contributed by atoms with Crippen molar-refractivity contribution in [3.8, 4) is 0 Å². The van der Waals surface area contributed by atoms with E-state index in [0.717, 1.165) is 32.2 Å². The molecule has 0 spiro atoms. The molecule has 4 nitrogen and oxygen atoms in total. The third kappa shape index (κ3) is 3.76. The van der Waals surface area contributed by atoms with Crippen LogP contribution in [-0.4, -0.2) is 35.4 Å². The summed E-state index contributed by atoms with van der Waals surface area (Å²) < 4.78 is 0. The molecule has 94 valence electrons. The van der Waals surface area contributed by atoms with Gasteiger partial charge in [-0.3, -0.25) is 4.79 Å². The highest BCUT2D eigenvalue weighted by Gasteiger charge is 2.27. The van der Waals surface area contributed by atoms with Gasteiger partial charge in [-0.1, -0.05) is 19.8 Å². The molecule has 0 radical (unpaired) electrons. The normalized spacial score (nSPS) is 26.9. The summed E-state index contributed by atoms with van der Waals surface area (Å²) in [6.07, 6.45) is 4.89. The molecule has 0 saturated heterocycles. The highest BCUT2D eigenvalue weighted by Crippen LogP contribution is 2.30. The molecule has 0 aromatic heterocycles. The molecule has 0 heterocycles. The highest BCUT2D eigenvalue weighted by molar-refractivity contribution is 5.73. The van der Waals surface area contributed by atoms with Gasteiger partial charge in [0, 0.05) is 6.61 Å². The summed E-state index contributed by atoms with van der Waals surface area (Å²) in [6, 6.07) is -0.426. The molecule has 1 fully saturated rings. The lowest BCUT2D eigenvalue weighted by atomic mass is 9.96. The Kier molecular flexibility index (Phi) is 5.77. The van der Waals surface area contributed by atoms with Crippen LogP contribution in [0, 0.1) is 11.8 Å². The Balaban J connectivity index is 2.33. The Labute approximate surface area is 97.0 Å². The van der Waals surface area contributed by atoms with Crippen LogP contribution in [0.4, 0.5) is 0 Å². The first-order chi connectivity index (χ1) is 7.69. The number of carboxylic acids is 1. The van der Waals surface area contributed by atoms with E-state index in [1.54, 1.807) is 0 Å². The van der Waals surface area contributed by atoms with Crippen LogP contribution in [0.3, 0.4) is 0 Å². The third-order valence-electron chi connectivity index (χ3n) is 3.55. The molecule has 16 heavy (non-hydrogen) atoms. The number of aliphatic hydroxyl groups excluding tert-OH is 1. The van der Waals surface area contributed by atoms with Crippen molar-refractivity contribution in [2.75, 3.05) is 13.2 Å². The van der Waals surface area contributed by atoms with E-state index >= 15 is 0 Å². The summed E-state index contributed by atoms with van der Waals surface area (Å²) in [5.74, 6) is 0.0488. The van der Waals surface area contributed by atoms with Crippen molar-refractivity contribution in [1.29, 1.82) is 0 Å². The molecule has 1 saturated carbocycles. The lowest BCUT2D eigenvalue weighted by Gasteiger charge is -2.21. The Hall–Kier alpha value is -0.610. The maximum atomic E-state index is 10.9. The Bertz CT molecular complexity index is 220. The fraction of sp³-hybridized carbons (Fsp3) is 0.917. The second-order valence-electron chi connectivity index (χ2n) is 4.72. The molecule has 3 N–H and O–H groups in total. The van der Waals surface area contributed by atoms with Gasteiger partial charge in [-0.25, -0.2) is 0 Å². The number of aliphatic hydroxyl groups is 1. The minimum absolute atomic E-state index is 0.234. The van der Waals surface area contributed by atoms with Crippen LogP contribution in [0.2, 0.25) is 0 Å². The Morgan fingerprint density at radius 3 is 2.69 bits per heavy atom. The Morgan fingerprint density at radius 1 is 1.44 bits per heavy atom. The van der Waals surface area contributed by atoms with Crippen molar-refractivity contribution in [3.63, 3.8) is 0 Å². The molecule has 3 unspecified atom stereocenters. The van der Waals surface area contributed by atoms with Gasteiger partial charge >= 0.3 is 5.97 Å². The van der Waals surface area contributed by atoms with E-state index in [0.29, 0.717) is 18.3 Å². The second-order valence-corrected chi connectivity index (χ2v) is 4.72. The van der Waals surface area contributed by atoms with Crippen molar-refractivity contribution < 1.29 is 15.0 Å². The van der Waals surface area contributed by atoms with Crippen molar-refractivity contribution in [3.05, 3.63) is 0 Å². The first kappa shape index (κ1) is 13.5. The van der Waals surface area contributed by atoms with Gasteiger partial charge in [0.05, 0.1) is 0 Å².